The Kier molecular flexibility index (Phi) is 8.50. The SMILES string of the molecule is CNC(=O)NC(C)(C)C#Cc1ccc([C@](C)(I)N2CCC(CC(C)(C)O)(c3ccccc3)OC2=O)cc1. The smallest absolute Gasteiger partial charge is 0.412 e. The second-order valence-corrected chi connectivity index (χ2v) is 12.8. The van der Waals surface area contributed by atoms with Gasteiger partial charge in [0, 0.05) is 32.0 Å². The third-order valence-electron chi connectivity index (χ3n) is 6.35. The van der Waals surface area contributed by atoms with Crippen LogP contribution in [0, 0.1) is 11.8 Å². The van der Waals surface area contributed by atoms with Crippen molar-refractivity contribution in [3.63, 3.8) is 0 Å². The van der Waals surface area contributed by atoms with E-state index in [0.29, 0.717) is 19.4 Å². The number of alkyl halides is 1. The van der Waals surface area contributed by atoms with Crippen LogP contribution in [0.25, 0.3) is 0 Å². The van der Waals surface area contributed by atoms with E-state index in [1.54, 1.807) is 25.8 Å². The van der Waals surface area contributed by atoms with Gasteiger partial charge >= 0.3 is 12.1 Å². The molecule has 0 spiro atoms. The normalized spacial score (nSPS) is 19.7. The third-order valence-corrected chi connectivity index (χ3v) is 7.56. The second-order valence-electron chi connectivity index (χ2n) is 10.7. The van der Waals surface area contributed by atoms with E-state index in [4.69, 9.17) is 4.74 Å². The second kappa shape index (κ2) is 10.9. The van der Waals surface area contributed by atoms with Crippen molar-refractivity contribution in [2.24, 2.45) is 0 Å². The molecule has 3 amide bonds. The minimum atomic E-state index is -1.01. The van der Waals surface area contributed by atoms with Crippen molar-refractivity contribution < 1.29 is 19.4 Å². The molecule has 1 heterocycles. The maximum Gasteiger partial charge on any atom is 0.412 e. The van der Waals surface area contributed by atoms with Crippen LogP contribution in [0.1, 0.15) is 64.2 Å². The van der Waals surface area contributed by atoms with Crippen LogP contribution in [-0.4, -0.2) is 46.9 Å². The predicted molar refractivity (Wildman–Crippen MR) is 153 cm³/mol. The Morgan fingerprint density at radius 2 is 1.73 bits per heavy atom. The van der Waals surface area contributed by atoms with Gasteiger partial charge in [-0.2, -0.15) is 0 Å². The van der Waals surface area contributed by atoms with E-state index in [1.165, 1.54) is 0 Å². The van der Waals surface area contributed by atoms with Crippen molar-refractivity contribution in [2.75, 3.05) is 13.6 Å². The molecule has 2 atom stereocenters. The van der Waals surface area contributed by atoms with Crippen LogP contribution >= 0.6 is 22.6 Å². The van der Waals surface area contributed by atoms with Crippen molar-refractivity contribution >= 4 is 34.7 Å². The molecule has 198 valence electrons. The molecule has 7 nitrogen and oxygen atoms in total. The average molecular weight is 618 g/mol. The first-order valence-corrected chi connectivity index (χ1v) is 13.4. The molecule has 1 unspecified atom stereocenters. The number of halogens is 1. The van der Waals surface area contributed by atoms with Crippen LogP contribution in [0.15, 0.2) is 54.6 Å². The van der Waals surface area contributed by atoms with Crippen molar-refractivity contribution in [1.82, 2.24) is 15.5 Å². The van der Waals surface area contributed by atoms with Crippen LogP contribution < -0.4 is 10.6 Å². The molecule has 37 heavy (non-hydrogen) atoms. The number of ether oxygens (including phenoxy) is 1. The van der Waals surface area contributed by atoms with Gasteiger partial charge in [-0.05, 0) is 80.5 Å². The van der Waals surface area contributed by atoms with E-state index in [1.807, 2.05) is 75.4 Å². The molecule has 1 saturated heterocycles. The van der Waals surface area contributed by atoms with E-state index in [9.17, 15) is 14.7 Å². The zero-order chi connectivity index (χ0) is 27.5. The van der Waals surface area contributed by atoms with Crippen LogP contribution in [0.4, 0.5) is 9.59 Å². The Labute approximate surface area is 233 Å². The largest absolute Gasteiger partial charge is 0.438 e. The van der Waals surface area contributed by atoms with Crippen LogP contribution in [0.2, 0.25) is 0 Å². The summed E-state index contributed by atoms with van der Waals surface area (Å²) in [5.41, 5.74) is 0.0344. The topological polar surface area (TPSA) is 90.9 Å². The number of urea groups is 1. The average Bonchev–Trinajstić information content (AvgIpc) is 2.82. The number of nitrogens with zero attached hydrogens (tertiary/aromatic N) is 1. The fourth-order valence-electron chi connectivity index (χ4n) is 4.53. The van der Waals surface area contributed by atoms with Gasteiger partial charge in [-0.25, -0.2) is 9.59 Å². The molecule has 0 aromatic heterocycles. The summed E-state index contributed by atoms with van der Waals surface area (Å²) >= 11 is 2.28. The standard InChI is InChI=1S/C29H36IN3O4/c1-26(2,32-24(34)31-6)17-16-21-12-14-22(15-13-21)28(5,30)33-19-18-29(37-25(33)35,20-27(3,4)36)23-10-8-7-9-11-23/h7-15,36H,18-20H2,1-6H3,(H2,31,32,34)/t28-,29?/m1/s1. The summed E-state index contributed by atoms with van der Waals surface area (Å²) in [6.07, 6.45) is 0.449. The van der Waals surface area contributed by atoms with Crippen LogP contribution in [-0.2, 0) is 13.9 Å². The van der Waals surface area contributed by atoms with Crippen molar-refractivity contribution in [3.8, 4) is 11.8 Å². The summed E-state index contributed by atoms with van der Waals surface area (Å²) in [6.45, 7) is 9.60. The lowest BCUT2D eigenvalue weighted by molar-refractivity contribution is -0.102. The first-order valence-electron chi connectivity index (χ1n) is 12.3. The number of carbonyl (C=O) groups is 2. The molecule has 1 aliphatic rings. The highest BCUT2D eigenvalue weighted by Gasteiger charge is 2.49. The van der Waals surface area contributed by atoms with Gasteiger partial charge in [0.15, 0.2) is 0 Å². The van der Waals surface area contributed by atoms with E-state index < -0.39 is 26.4 Å². The quantitative estimate of drug-likeness (QED) is 0.179. The zero-order valence-corrected chi connectivity index (χ0v) is 24.5. The Balaban J connectivity index is 1.80. The van der Waals surface area contributed by atoms with Gasteiger partial charge in [-0.15, -0.1) is 0 Å². The highest BCUT2D eigenvalue weighted by molar-refractivity contribution is 14.1. The minimum absolute atomic E-state index is 0.289. The number of hydrogen-bond donors (Lipinski definition) is 3. The summed E-state index contributed by atoms with van der Waals surface area (Å²) in [5.74, 6) is 6.19. The van der Waals surface area contributed by atoms with Crippen molar-refractivity contribution in [3.05, 3.63) is 71.3 Å². The molecule has 8 heteroatoms. The van der Waals surface area contributed by atoms with Gasteiger partial charge in [-0.3, -0.25) is 4.90 Å². The number of benzene rings is 2. The predicted octanol–water partition coefficient (Wildman–Crippen LogP) is 5.25. The van der Waals surface area contributed by atoms with E-state index >= 15 is 0 Å². The van der Waals surface area contributed by atoms with Gasteiger partial charge in [0.25, 0.3) is 0 Å². The zero-order valence-electron chi connectivity index (χ0n) is 22.3. The van der Waals surface area contributed by atoms with Crippen molar-refractivity contribution in [1.29, 1.82) is 0 Å². The summed E-state index contributed by atoms with van der Waals surface area (Å²) in [6, 6.07) is 17.1. The monoisotopic (exact) mass is 617 g/mol. The van der Waals surface area contributed by atoms with Crippen LogP contribution in [0.3, 0.4) is 0 Å². The maximum atomic E-state index is 13.4. The first-order chi connectivity index (χ1) is 17.2. The van der Waals surface area contributed by atoms with Gasteiger partial charge in [0.2, 0.25) is 0 Å². The molecule has 2 aromatic carbocycles. The van der Waals surface area contributed by atoms with Gasteiger partial charge in [0.1, 0.15) is 9.15 Å². The van der Waals surface area contributed by atoms with E-state index in [0.717, 1.165) is 16.7 Å². The number of rotatable bonds is 6. The molecule has 0 radical (unpaired) electrons. The van der Waals surface area contributed by atoms with Crippen LogP contribution in [0.5, 0.6) is 0 Å². The third kappa shape index (κ3) is 7.17. The Bertz CT molecular complexity index is 1180. The molecule has 3 rings (SSSR count). The summed E-state index contributed by atoms with van der Waals surface area (Å²) in [5, 5.41) is 15.9. The maximum absolute atomic E-state index is 13.4. The fraction of sp³-hybridized carbons (Fsp3) is 0.448. The Morgan fingerprint density at radius 1 is 1.11 bits per heavy atom. The molecule has 0 saturated carbocycles. The highest BCUT2D eigenvalue weighted by Crippen LogP contribution is 2.45. The lowest BCUT2D eigenvalue weighted by Gasteiger charge is -2.47. The Hall–Kier alpha value is -2.77. The fourth-order valence-corrected chi connectivity index (χ4v) is 5.33. The number of hydrogen-bond acceptors (Lipinski definition) is 4. The lowest BCUT2D eigenvalue weighted by Crippen LogP contribution is -2.54. The summed E-state index contributed by atoms with van der Waals surface area (Å²) in [4.78, 5) is 26.8. The molecule has 1 fully saturated rings. The Morgan fingerprint density at radius 3 is 2.27 bits per heavy atom. The minimum Gasteiger partial charge on any atom is -0.438 e. The molecule has 0 aliphatic carbocycles. The molecular weight excluding hydrogens is 581 g/mol. The van der Waals surface area contributed by atoms with E-state index in [2.05, 4.69) is 45.1 Å². The summed E-state index contributed by atoms with van der Waals surface area (Å²) in [7, 11) is 1.56. The molecule has 3 N–H and O–H groups in total. The molecule has 0 bridgehead atoms. The number of aliphatic hydroxyl groups is 1. The number of amides is 3. The molecule has 2 aromatic rings. The molecular formula is C29H36IN3O4. The number of nitrogens with one attached hydrogen (secondary N) is 2. The van der Waals surface area contributed by atoms with Gasteiger partial charge in [0.05, 0.1) is 11.1 Å². The number of cyclic esters (lactones) is 1. The van der Waals surface area contributed by atoms with Gasteiger partial charge < -0.3 is 20.5 Å². The van der Waals surface area contributed by atoms with Gasteiger partial charge in [-0.1, -0.05) is 54.3 Å². The highest BCUT2D eigenvalue weighted by atomic mass is 127. The summed E-state index contributed by atoms with van der Waals surface area (Å²) < 4.78 is 5.50. The lowest BCUT2D eigenvalue weighted by atomic mass is 9.80. The van der Waals surface area contributed by atoms with E-state index in [-0.39, 0.29) is 6.03 Å². The van der Waals surface area contributed by atoms with Crippen molar-refractivity contribution in [2.45, 2.75) is 67.7 Å². The number of carbonyl (C=O) groups excluding carboxylic acids is 2. The first kappa shape index (κ1) is 28.8. The molecule has 1 aliphatic heterocycles.